The van der Waals surface area contributed by atoms with Crippen LogP contribution in [0.3, 0.4) is 0 Å². The predicted molar refractivity (Wildman–Crippen MR) is 82.6 cm³/mol. The third-order valence-corrected chi connectivity index (χ3v) is 3.69. The zero-order valence-electron chi connectivity index (χ0n) is 13.2. The number of unbranched alkanes of at least 4 members (excludes halogenated alkanes) is 4. The van der Waals surface area contributed by atoms with Crippen molar-refractivity contribution in [3.8, 4) is 0 Å². The molecule has 0 aliphatic carbocycles. The van der Waals surface area contributed by atoms with Gasteiger partial charge < -0.3 is 9.73 Å². The summed E-state index contributed by atoms with van der Waals surface area (Å²) in [5, 5.41) is 3.67. The van der Waals surface area contributed by atoms with E-state index in [-0.39, 0.29) is 0 Å². The van der Waals surface area contributed by atoms with Crippen LogP contribution < -0.4 is 5.32 Å². The van der Waals surface area contributed by atoms with E-state index in [1.165, 1.54) is 50.5 Å². The monoisotopic (exact) mass is 265 g/mol. The first-order chi connectivity index (χ1) is 9.19. The van der Waals surface area contributed by atoms with E-state index in [0.29, 0.717) is 6.04 Å². The summed E-state index contributed by atoms with van der Waals surface area (Å²) in [6.07, 6.45) is 9.14. The Morgan fingerprint density at radius 1 is 1.05 bits per heavy atom. The molecule has 0 fully saturated rings. The van der Waals surface area contributed by atoms with E-state index >= 15 is 0 Å². The highest BCUT2D eigenvalue weighted by atomic mass is 16.3. The van der Waals surface area contributed by atoms with Crippen LogP contribution in [0.15, 0.2) is 10.5 Å². The molecule has 0 radical (unpaired) electrons. The molecule has 2 heteroatoms. The first kappa shape index (κ1) is 16.3. The summed E-state index contributed by atoms with van der Waals surface area (Å²) in [5.41, 5.74) is 1.36. The highest BCUT2D eigenvalue weighted by Crippen LogP contribution is 2.26. The van der Waals surface area contributed by atoms with E-state index < -0.39 is 0 Å². The van der Waals surface area contributed by atoms with E-state index in [1.54, 1.807) is 0 Å². The molecule has 1 rings (SSSR count). The highest BCUT2D eigenvalue weighted by Gasteiger charge is 2.16. The van der Waals surface area contributed by atoms with E-state index in [9.17, 15) is 0 Å². The molecule has 110 valence electrons. The normalized spacial score (nSPS) is 12.8. The minimum absolute atomic E-state index is 0.471. The zero-order chi connectivity index (χ0) is 14.1. The minimum Gasteiger partial charge on any atom is -0.466 e. The molecule has 0 bridgehead atoms. The molecule has 1 heterocycles. The van der Waals surface area contributed by atoms with Gasteiger partial charge in [-0.05, 0) is 39.3 Å². The van der Waals surface area contributed by atoms with Crippen molar-refractivity contribution in [1.82, 2.24) is 5.32 Å². The van der Waals surface area contributed by atoms with Crippen LogP contribution in [0.1, 0.15) is 81.9 Å². The van der Waals surface area contributed by atoms with Gasteiger partial charge in [-0.3, -0.25) is 0 Å². The van der Waals surface area contributed by atoms with Crippen molar-refractivity contribution < 1.29 is 4.42 Å². The predicted octanol–water partition coefficient (Wildman–Crippen LogP) is 5.30. The lowest BCUT2D eigenvalue weighted by Gasteiger charge is -2.18. The molecule has 2 nitrogen and oxygen atoms in total. The summed E-state index contributed by atoms with van der Waals surface area (Å²) in [5.74, 6) is 2.11. The first-order valence-electron chi connectivity index (χ1n) is 7.99. The number of nitrogens with one attached hydrogen (secondary N) is 1. The number of hydrogen-bond acceptors (Lipinski definition) is 2. The Labute approximate surface area is 119 Å². The molecule has 0 spiro atoms. The minimum atomic E-state index is 0.471. The van der Waals surface area contributed by atoms with Crippen molar-refractivity contribution in [2.24, 2.45) is 0 Å². The van der Waals surface area contributed by atoms with Gasteiger partial charge in [0.2, 0.25) is 0 Å². The SMILES string of the molecule is CCCCCCCC(NCCC)c1cc(C)oc1C. The van der Waals surface area contributed by atoms with Crippen LogP contribution in [0.2, 0.25) is 0 Å². The largest absolute Gasteiger partial charge is 0.466 e. The van der Waals surface area contributed by atoms with Gasteiger partial charge in [0.1, 0.15) is 11.5 Å². The molecule has 0 saturated carbocycles. The number of furan rings is 1. The van der Waals surface area contributed by atoms with Crippen LogP contribution in [-0.2, 0) is 0 Å². The average Bonchev–Trinajstić information content (AvgIpc) is 2.72. The van der Waals surface area contributed by atoms with Crippen molar-refractivity contribution in [3.63, 3.8) is 0 Å². The summed E-state index contributed by atoms with van der Waals surface area (Å²) in [6.45, 7) is 9.69. The third-order valence-electron chi connectivity index (χ3n) is 3.69. The van der Waals surface area contributed by atoms with Crippen LogP contribution in [0, 0.1) is 13.8 Å². The van der Waals surface area contributed by atoms with Gasteiger partial charge in [0.15, 0.2) is 0 Å². The molecule has 0 aliphatic heterocycles. The molecule has 1 aromatic heterocycles. The van der Waals surface area contributed by atoms with Crippen LogP contribution >= 0.6 is 0 Å². The van der Waals surface area contributed by atoms with E-state index in [2.05, 4.69) is 32.2 Å². The van der Waals surface area contributed by atoms with Crippen LogP contribution in [0.4, 0.5) is 0 Å². The summed E-state index contributed by atoms with van der Waals surface area (Å²) < 4.78 is 5.68. The molecule has 19 heavy (non-hydrogen) atoms. The van der Waals surface area contributed by atoms with Gasteiger partial charge in [-0.15, -0.1) is 0 Å². The maximum atomic E-state index is 5.68. The zero-order valence-corrected chi connectivity index (χ0v) is 13.2. The molecule has 0 aliphatic rings. The molecule has 0 aromatic carbocycles. The van der Waals surface area contributed by atoms with Gasteiger partial charge in [-0.2, -0.15) is 0 Å². The molecule has 1 aromatic rings. The molecular formula is C17H31NO. The van der Waals surface area contributed by atoms with E-state index in [0.717, 1.165) is 18.1 Å². The Hall–Kier alpha value is -0.760. The van der Waals surface area contributed by atoms with Crippen molar-refractivity contribution in [3.05, 3.63) is 23.2 Å². The third kappa shape index (κ3) is 5.82. The lowest BCUT2D eigenvalue weighted by atomic mass is 10.00. The topological polar surface area (TPSA) is 25.2 Å². The second-order valence-electron chi connectivity index (χ2n) is 5.58. The van der Waals surface area contributed by atoms with Gasteiger partial charge in [0.25, 0.3) is 0 Å². The van der Waals surface area contributed by atoms with Crippen molar-refractivity contribution >= 4 is 0 Å². The van der Waals surface area contributed by atoms with Gasteiger partial charge in [-0.25, -0.2) is 0 Å². The second-order valence-corrected chi connectivity index (χ2v) is 5.58. The van der Waals surface area contributed by atoms with Crippen LogP contribution in [-0.4, -0.2) is 6.54 Å². The Morgan fingerprint density at radius 3 is 2.37 bits per heavy atom. The maximum Gasteiger partial charge on any atom is 0.105 e. The standard InChI is InChI=1S/C17H31NO/c1-5-7-8-9-10-11-17(18-12-6-2)16-13-14(3)19-15(16)4/h13,17-18H,5-12H2,1-4H3. The highest BCUT2D eigenvalue weighted by molar-refractivity contribution is 5.24. The lowest BCUT2D eigenvalue weighted by molar-refractivity contribution is 0.450. The fraction of sp³-hybridized carbons (Fsp3) is 0.765. The van der Waals surface area contributed by atoms with Gasteiger partial charge >= 0.3 is 0 Å². The van der Waals surface area contributed by atoms with Crippen molar-refractivity contribution in [1.29, 1.82) is 0 Å². The lowest BCUT2D eigenvalue weighted by Crippen LogP contribution is -2.22. The van der Waals surface area contributed by atoms with Crippen LogP contribution in [0.5, 0.6) is 0 Å². The maximum absolute atomic E-state index is 5.68. The fourth-order valence-electron chi connectivity index (χ4n) is 2.63. The molecule has 0 saturated heterocycles. The Bertz CT molecular complexity index is 343. The van der Waals surface area contributed by atoms with Crippen LogP contribution in [0.25, 0.3) is 0 Å². The van der Waals surface area contributed by atoms with Gasteiger partial charge in [0.05, 0.1) is 0 Å². The molecule has 1 unspecified atom stereocenters. The average molecular weight is 265 g/mol. The fourth-order valence-corrected chi connectivity index (χ4v) is 2.63. The summed E-state index contributed by atoms with van der Waals surface area (Å²) >= 11 is 0. The van der Waals surface area contributed by atoms with Gasteiger partial charge in [0, 0.05) is 11.6 Å². The first-order valence-corrected chi connectivity index (χ1v) is 7.99. The summed E-state index contributed by atoms with van der Waals surface area (Å²) in [6, 6.07) is 2.67. The Kier molecular flexibility index (Phi) is 7.88. The smallest absolute Gasteiger partial charge is 0.105 e. The Morgan fingerprint density at radius 2 is 1.79 bits per heavy atom. The summed E-state index contributed by atoms with van der Waals surface area (Å²) in [4.78, 5) is 0. The second kappa shape index (κ2) is 9.19. The number of aryl methyl sites for hydroxylation is 2. The summed E-state index contributed by atoms with van der Waals surface area (Å²) in [7, 11) is 0. The molecular weight excluding hydrogens is 234 g/mol. The van der Waals surface area contributed by atoms with Crippen molar-refractivity contribution in [2.75, 3.05) is 6.54 Å². The molecule has 0 amide bonds. The van der Waals surface area contributed by atoms with E-state index in [4.69, 9.17) is 4.42 Å². The quantitative estimate of drug-likeness (QED) is 0.581. The molecule has 1 atom stereocenters. The van der Waals surface area contributed by atoms with E-state index in [1.807, 2.05) is 6.92 Å². The molecule has 1 N–H and O–H groups in total. The number of hydrogen-bond donors (Lipinski definition) is 1. The van der Waals surface area contributed by atoms with Crippen molar-refractivity contribution in [2.45, 2.75) is 78.7 Å². The van der Waals surface area contributed by atoms with Gasteiger partial charge in [-0.1, -0.05) is 46.0 Å². The number of rotatable bonds is 10. The Balaban J connectivity index is 2.49.